The van der Waals surface area contributed by atoms with Crippen LogP contribution in [0.3, 0.4) is 0 Å². The normalized spacial score (nSPS) is 13.5. The van der Waals surface area contributed by atoms with Crippen molar-refractivity contribution in [3.8, 4) is 0 Å². The first kappa shape index (κ1) is 63.6. The molecular weight excluding hydrogens is 799 g/mol. The van der Waals surface area contributed by atoms with Crippen LogP contribution in [0.2, 0.25) is 0 Å². The highest BCUT2D eigenvalue weighted by molar-refractivity contribution is 5.76. The molecule has 3 atom stereocenters. The van der Waals surface area contributed by atoms with Crippen LogP contribution >= 0.6 is 0 Å². The van der Waals surface area contributed by atoms with E-state index in [4.69, 9.17) is 0 Å². The highest BCUT2D eigenvalue weighted by Crippen LogP contribution is 2.18. The number of rotatable bonds is 54. The second-order valence-corrected chi connectivity index (χ2v) is 20.2. The van der Waals surface area contributed by atoms with Crippen LogP contribution in [0.15, 0.2) is 36.5 Å². The molecule has 0 radical (unpaired) electrons. The summed E-state index contributed by atoms with van der Waals surface area (Å²) in [5.41, 5.74) is 0. The van der Waals surface area contributed by atoms with Gasteiger partial charge in [0.05, 0.1) is 31.3 Å². The average molecular weight is 915 g/mol. The van der Waals surface area contributed by atoms with E-state index in [0.717, 1.165) is 38.5 Å². The Balaban J connectivity index is 3.54. The highest BCUT2D eigenvalue weighted by Gasteiger charge is 2.20. The molecule has 0 fully saturated rings. The van der Waals surface area contributed by atoms with E-state index in [-0.39, 0.29) is 18.9 Å². The van der Waals surface area contributed by atoms with Gasteiger partial charge >= 0.3 is 0 Å². The van der Waals surface area contributed by atoms with Crippen molar-refractivity contribution >= 4 is 5.91 Å². The monoisotopic (exact) mass is 914 g/mol. The van der Waals surface area contributed by atoms with Crippen molar-refractivity contribution in [2.24, 2.45) is 0 Å². The first-order valence-corrected chi connectivity index (χ1v) is 29.3. The average Bonchev–Trinajstić information content (AvgIpc) is 3.30. The lowest BCUT2D eigenvalue weighted by Crippen LogP contribution is -2.45. The summed E-state index contributed by atoms with van der Waals surface area (Å²) in [6.07, 6.45) is 72.1. The Bertz CT molecular complexity index is 1010. The van der Waals surface area contributed by atoms with Gasteiger partial charge in [0.15, 0.2) is 0 Å². The molecule has 0 aromatic carbocycles. The largest absolute Gasteiger partial charge is 0.394 e. The molecule has 3 unspecified atom stereocenters. The molecule has 5 nitrogen and oxygen atoms in total. The summed E-state index contributed by atoms with van der Waals surface area (Å²) in [7, 11) is 0. The Morgan fingerprint density at radius 2 is 0.662 bits per heavy atom. The molecule has 0 heterocycles. The fourth-order valence-corrected chi connectivity index (χ4v) is 9.20. The van der Waals surface area contributed by atoms with E-state index >= 15 is 0 Å². The van der Waals surface area contributed by atoms with Gasteiger partial charge in [0.2, 0.25) is 5.91 Å². The molecule has 0 aliphatic rings. The molecule has 384 valence electrons. The van der Waals surface area contributed by atoms with Crippen molar-refractivity contribution in [2.45, 2.75) is 334 Å². The molecule has 0 aromatic heterocycles. The second-order valence-electron chi connectivity index (χ2n) is 20.2. The van der Waals surface area contributed by atoms with Gasteiger partial charge in [-0.25, -0.2) is 0 Å². The number of amides is 1. The van der Waals surface area contributed by atoms with Gasteiger partial charge in [-0.05, 0) is 44.9 Å². The van der Waals surface area contributed by atoms with Crippen LogP contribution in [0, 0.1) is 0 Å². The predicted molar refractivity (Wildman–Crippen MR) is 287 cm³/mol. The molecule has 0 saturated heterocycles. The van der Waals surface area contributed by atoms with Crippen molar-refractivity contribution in [3.63, 3.8) is 0 Å². The highest BCUT2D eigenvalue weighted by atomic mass is 16.3. The van der Waals surface area contributed by atoms with Gasteiger partial charge in [-0.1, -0.05) is 301 Å². The molecular formula is C60H115NO4. The number of unbranched alkanes of at least 4 members (excludes halogenated alkanes) is 41. The molecule has 5 heteroatoms. The summed E-state index contributed by atoms with van der Waals surface area (Å²) in [5, 5.41) is 33.4. The zero-order valence-electron chi connectivity index (χ0n) is 43.9. The maximum absolute atomic E-state index is 12.5. The maximum Gasteiger partial charge on any atom is 0.222 e. The summed E-state index contributed by atoms with van der Waals surface area (Å²) in [4.78, 5) is 12.5. The lowest BCUT2D eigenvalue weighted by atomic mass is 10.0. The van der Waals surface area contributed by atoms with Crippen molar-refractivity contribution in [2.75, 3.05) is 6.61 Å². The Kier molecular flexibility index (Phi) is 54.0. The van der Waals surface area contributed by atoms with Crippen LogP contribution in [-0.4, -0.2) is 46.1 Å². The SMILES string of the molecule is CCCCCCCCCCC/C=C/CC/C=C/CC/C=C/C(O)C(CO)NC(=O)CC(O)CCCCCCCCCCCCCCCCCCCCCCCCCCCCCCCCC. The van der Waals surface area contributed by atoms with Gasteiger partial charge in [-0.3, -0.25) is 4.79 Å². The number of aliphatic hydroxyl groups excluding tert-OH is 3. The van der Waals surface area contributed by atoms with Crippen LogP contribution in [-0.2, 0) is 4.79 Å². The smallest absolute Gasteiger partial charge is 0.222 e. The van der Waals surface area contributed by atoms with Gasteiger partial charge < -0.3 is 20.6 Å². The molecule has 0 spiro atoms. The van der Waals surface area contributed by atoms with Crippen molar-refractivity contribution in [1.82, 2.24) is 5.32 Å². The summed E-state index contributed by atoms with van der Waals surface area (Å²) in [6, 6.07) is -0.767. The minimum Gasteiger partial charge on any atom is -0.394 e. The minimum atomic E-state index is -0.959. The van der Waals surface area contributed by atoms with Gasteiger partial charge in [0.25, 0.3) is 0 Å². The molecule has 0 saturated carbocycles. The molecule has 0 aliphatic heterocycles. The third-order valence-electron chi connectivity index (χ3n) is 13.7. The van der Waals surface area contributed by atoms with Crippen molar-refractivity contribution in [3.05, 3.63) is 36.5 Å². The van der Waals surface area contributed by atoms with Gasteiger partial charge in [-0.2, -0.15) is 0 Å². The van der Waals surface area contributed by atoms with Crippen LogP contribution in [0.1, 0.15) is 316 Å². The van der Waals surface area contributed by atoms with E-state index < -0.39 is 18.2 Å². The van der Waals surface area contributed by atoms with E-state index in [0.29, 0.717) is 6.42 Å². The van der Waals surface area contributed by atoms with E-state index in [2.05, 4.69) is 43.5 Å². The minimum absolute atomic E-state index is 0.00571. The zero-order valence-corrected chi connectivity index (χ0v) is 43.9. The number of aliphatic hydroxyl groups is 3. The first-order valence-electron chi connectivity index (χ1n) is 29.3. The van der Waals surface area contributed by atoms with E-state index in [1.54, 1.807) is 6.08 Å². The van der Waals surface area contributed by atoms with E-state index in [1.807, 2.05) is 6.08 Å². The maximum atomic E-state index is 12.5. The number of hydrogen-bond donors (Lipinski definition) is 4. The number of carbonyl (C=O) groups excluding carboxylic acids is 1. The molecule has 0 rings (SSSR count). The quantitative estimate of drug-likeness (QED) is 0.0361. The third kappa shape index (κ3) is 51.8. The molecule has 0 aromatic rings. The number of carbonyl (C=O) groups is 1. The third-order valence-corrected chi connectivity index (χ3v) is 13.7. The summed E-state index contributed by atoms with van der Waals surface area (Å²) >= 11 is 0. The Morgan fingerprint density at radius 1 is 0.385 bits per heavy atom. The lowest BCUT2D eigenvalue weighted by Gasteiger charge is -2.21. The topological polar surface area (TPSA) is 89.8 Å². The van der Waals surface area contributed by atoms with E-state index in [1.165, 1.54) is 250 Å². The van der Waals surface area contributed by atoms with Crippen LogP contribution in [0.5, 0.6) is 0 Å². The van der Waals surface area contributed by atoms with E-state index in [9.17, 15) is 20.1 Å². The van der Waals surface area contributed by atoms with Crippen LogP contribution in [0.4, 0.5) is 0 Å². The summed E-state index contributed by atoms with van der Waals surface area (Å²) < 4.78 is 0. The van der Waals surface area contributed by atoms with Gasteiger partial charge in [0, 0.05) is 0 Å². The van der Waals surface area contributed by atoms with Gasteiger partial charge in [0.1, 0.15) is 0 Å². The summed E-state index contributed by atoms with van der Waals surface area (Å²) in [5.74, 6) is -0.324. The molecule has 4 N–H and O–H groups in total. The number of nitrogens with one attached hydrogen (secondary N) is 1. The fraction of sp³-hybridized carbons (Fsp3) is 0.883. The fourth-order valence-electron chi connectivity index (χ4n) is 9.20. The predicted octanol–water partition coefficient (Wildman–Crippen LogP) is 18.2. The van der Waals surface area contributed by atoms with Gasteiger partial charge in [-0.15, -0.1) is 0 Å². The standard InChI is InChI=1S/C60H115NO4/c1-3-5-7-9-11-13-15-17-19-21-23-24-25-26-27-28-29-30-31-32-33-34-36-37-39-41-43-45-47-49-51-53-57(63)55-60(65)61-58(56-62)59(64)54-52-50-48-46-44-42-40-38-35-22-20-18-16-14-12-10-8-6-4-2/h35,38,44,46,52,54,57-59,62-64H,3-34,36-37,39-43,45,47-51,53,55-56H2,1-2H3,(H,61,65)/b38-35+,46-44+,54-52+. The van der Waals surface area contributed by atoms with Crippen molar-refractivity contribution in [1.29, 1.82) is 0 Å². The zero-order chi connectivity index (χ0) is 47.2. The Hall–Kier alpha value is -1.43. The second kappa shape index (κ2) is 55.2. The Labute approximate surface area is 406 Å². The first-order chi connectivity index (χ1) is 32.0. The molecule has 1 amide bonds. The molecule has 0 aliphatic carbocycles. The van der Waals surface area contributed by atoms with Crippen molar-refractivity contribution < 1.29 is 20.1 Å². The number of hydrogen-bond acceptors (Lipinski definition) is 4. The molecule has 65 heavy (non-hydrogen) atoms. The number of allylic oxidation sites excluding steroid dienone is 5. The van der Waals surface area contributed by atoms with Crippen LogP contribution < -0.4 is 5.32 Å². The summed E-state index contributed by atoms with van der Waals surface area (Å²) in [6.45, 7) is 4.23. The lowest BCUT2D eigenvalue weighted by molar-refractivity contribution is -0.124. The molecule has 0 bridgehead atoms. The van der Waals surface area contributed by atoms with Crippen LogP contribution in [0.25, 0.3) is 0 Å². The Morgan fingerprint density at radius 3 is 0.985 bits per heavy atom.